The third kappa shape index (κ3) is 8.46. The van der Waals surface area contributed by atoms with Gasteiger partial charge in [0, 0.05) is 45.0 Å². The van der Waals surface area contributed by atoms with Crippen LogP contribution in [0, 0.1) is 0 Å². The van der Waals surface area contributed by atoms with Crippen LogP contribution in [0.4, 0.5) is 18.9 Å². The molecule has 0 aliphatic heterocycles. The van der Waals surface area contributed by atoms with Gasteiger partial charge in [-0.1, -0.05) is 23.4 Å². The van der Waals surface area contributed by atoms with Gasteiger partial charge in [0.1, 0.15) is 5.69 Å². The molecule has 1 aromatic carbocycles. The average Bonchev–Trinajstić information content (AvgIpc) is 3.42. The summed E-state index contributed by atoms with van der Waals surface area (Å²) in [4.78, 5) is 43.2. The van der Waals surface area contributed by atoms with E-state index in [1.165, 1.54) is 12.3 Å². The standard InChI is InChI=1S/C25H27N7O3.C2HF3O2/c1-31(2)23-18-8-4-5-9-20(18)28-15-19(23)24(33)26-12-6-3-7-13-32-16-22(29-30-32)21-11-10-17(14-27-21)25(34)35;3-2(4,5)1(6)7/h4-5,8-11,14-16H,3,6-7,12-13H2,1-2H3,(H,26,33)(H,34,35);(H,6,7). The van der Waals surface area contributed by atoms with Crippen molar-refractivity contribution < 1.29 is 37.8 Å². The molecular formula is C27H28F3N7O5. The number of aromatic carboxylic acids is 1. The van der Waals surface area contributed by atoms with Crippen molar-refractivity contribution in [2.45, 2.75) is 32.0 Å². The summed E-state index contributed by atoms with van der Waals surface area (Å²) in [6, 6.07) is 10.9. The largest absolute Gasteiger partial charge is 0.490 e. The summed E-state index contributed by atoms with van der Waals surface area (Å²) in [6.45, 7) is 1.26. The number of carboxylic acid groups (broad SMARTS) is 2. The Labute approximate surface area is 237 Å². The summed E-state index contributed by atoms with van der Waals surface area (Å²) >= 11 is 0. The van der Waals surface area contributed by atoms with Crippen LogP contribution in [0.5, 0.6) is 0 Å². The number of pyridine rings is 2. The van der Waals surface area contributed by atoms with E-state index >= 15 is 0 Å². The summed E-state index contributed by atoms with van der Waals surface area (Å²) in [5.41, 5.74) is 3.58. The van der Waals surface area contributed by atoms with E-state index in [1.807, 2.05) is 43.3 Å². The number of aromatic nitrogens is 5. The Morgan fingerprint density at radius 2 is 1.67 bits per heavy atom. The zero-order chi connectivity index (χ0) is 30.9. The van der Waals surface area contributed by atoms with Crippen LogP contribution in [0.15, 0.2) is 55.0 Å². The number of nitrogens with one attached hydrogen (secondary N) is 1. The molecule has 4 aromatic rings. The number of amides is 1. The van der Waals surface area contributed by atoms with E-state index in [4.69, 9.17) is 15.0 Å². The van der Waals surface area contributed by atoms with Crippen molar-refractivity contribution in [2.24, 2.45) is 0 Å². The Balaban J connectivity index is 0.000000616. The maximum Gasteiger partial charge on any atom is 0.490 e. The van der Waals surface area contributed by atoms with Gasteiger partial charge in [0.25, 0.3) is 5.91 Å². The fraction of sp³-hybridized carbons (Fsp3) is 0.296. The number of hydrogen-bond donors (Lipinski definition) is 3. The summed E-state index contributed by atoms with van der Waals surface area (Å²) in [7, 11) is 3.85. The van der Waals surface area contributed by atoms with Crippen molar-refractivity contribution in [1.82, 2.24) is 30.3 Å². The molecule has 3 N–H and O–H groups in total. The fourth-order valence-electron chi connectivity index (χ4n) is 3.84. The highest BCUT2D eigenvalue weighted by Gasteiger charge is 2.38. The van der Waals surface area contributed by atoms with Crippen LogP contribution in [-0.4, -0.2) is 79.8 Å². The topological polar surface area (TPSA) is 163 Å². The third-order valence-corrected chi connectivity index (χ3v) is 5.84. The molecule has 3 heterocycles. The van der Waals surface area contributed by atoms with E-state index < -0.39 is 18.1 Å². The minimum atomic E-state index is -5.08. The molecule has 3 aromatic heterocycles. The van der Waals surface area contributed by atoms with Gasteiger partial charge in [0.2, 0.25) is 0 Å². The van der Waals surface area contributed by atoms with Crippen LogP contribution in [-0.2, 0) is 11.3 Å². The molecule has 0 spiro atoms. The fourth-order valence-corrected chi connectivity index (χ4v) is 3.84. The van der Waals surface area contributed by atoms with Crippen LogP contribution in [0.3, 0.4) is 0 Å². The summed E-state index contributed by atoms with van der Waals surface area (Å²) in [6.07, 6.45) is 2.28. The number of nitrogens with zero attached hydrogens (tertiary/aromatic N) is 6. The molecule has 0 fully saturated rings. The lowest BCUT2D eigenvalue weighted by atomic mass is 10.1. The molecular weight excluding hydrogens is 559 g/mol. The lowest BCUT2D eigenvalue weighted by molar-refractivity contribution is -0.192. The Hall–Kier alpha value is -5.08. The van der Waals surface area contributed by atoms with Gasteiger partial charge in [-0.3, -0.25) is 19.4 Å². The number of carbonyl (C=O) groups is 3. The van der Waals surface area contributed by atoms with Gasteiger partial charge < -0.3 is 20.4 Å². The SMILES string of the molecule is CN(C)c1c(C(=O)NCCCCCn2cc(-c3ccc(C(=O)O)cn3)nn2)cnc2ccccc12.O=C(O)C(F)(F)F. The smallest absolute Gasteiger partial charge is 0.478 e. The molecule has 0 aliphatic rings. The number of carbonyl (C=O) groups excluding carboxylic acids is 1. The van der Waals surface area contributed by atoms with Crippen molar-refractivity contribution in [3.63, 3.8) is 0 Å². The minimum Gasteiger partial charge on any atom is -0.478 e. The van der Waals surface area contributed by atoms with Gasteiger partial charge in [0.15, 0.2) is 0 Å². The van der Waals surface area contributed by atoms with E-state index in [0.717, 1.165) is 35.9 Å². The van der Waals surface area contributed by atoms with Crippen molar-refractivity contribution in [3.8, 4) is 11.4 Å². The van der Waals surface area contributed by atoms with Crippen LogP contribution >= 0.6 is 0 Å². The zero-order valence-electron chi connectivity index (χ0n) is 22.7. The number of halogens is 3. The van der Waals surface area contributed by atoms with Gasteiger partial charge in [-0.25, -0.2) is 9.59 Å². The van der Waals surface area contributed by atoms with E-state index in [0.29, 0.717) is 30.0 Å². The average molecular weight is 588 g/mol. The van der Waals surface area contributed by atoms with Crippen molar-refractivity contribution in [3.05, 3.63) is 66.1 Å². The van der Waals surface area contributed by atoms with Gasteiger partial charge in [0.05, 0.1) is 34.2 Å². The summed E-state index contributed by atoms with van der Waals surface area (Å²) in [5, 5.41) is 28.3. The highest BCUT2D eigenvalue weighted by molar-refractivity contribution is 6.07. The maximum atomic E-state index is 12.8. The molecule has 12 nitrogen and oxygen atoms in total. The number of para-hydroxylation sites is 1. The van der Waals surface area contributed by atoms with Gasteiger partial charge in [-0.15, -0.1) is 5.10 Å². The first-order chi connectivity index (χ1) is 19.9. The highest BCUT2D eigenvalue weighted by Crippen LogP contribution is 2.28. The van der Waals surface area contributed by atoms with Crippen LogP contribution in [0.1, 0.15) is 40.0 Å². The molecule has 0 radical (unpaired) electrons. The van der Waals surface area contributed by atoms with E-state index in [2.05, 4.69) is 25.6 Å². The first kappa shape index (κ1) is 31.4. The lowest BCUT2D eigenvalue weighted by Gasteiger charge is -2.19. The molecule has 15 heteroatoms. The normalized spacial score (nSPS) is 11.0. The first-order valence-electron chi connectivity index (χ1n) is 12.6. The Morgan fingerprint density at radius 3 is 2.29 bits per heavy atom. The second-order valence-corrected chi connectivity index (χ2v) is 9.16. The van der Waals surface area contributed by atoms with Crippen LogP contribution < -0.4 is 10.2 Å². The van der Waals surface area contributed by atoms with E-state index in [1.54, 1.807) is 23.1 Å². The number of carboxylic acids is 2. The zero-order valence-corrected chi connectivity index (χ0v) is 22.7. The van der Waals surface area contributed by atoms with E-state index in [9.17, 15) is 22.8 Å². The number of benzene rings is 1. The number of fused-ring (bicyclic) bond motifs is 1. The van der Waals surface area contributed by atoms with Gasteiger partial charge in [-0.05, 0) is 37.5 Å². The molecule has 0 saturated carbocycles. The van der Waals surface area contributed by atoms with Crippen LogP contribution in [0.2, 0.25) is 0 Å². The third-order valence-electron chi connectivity index (χ3n) is 5.84. The summed E-state index contributed by atoms with van der Waals surface area (Å²) in [5.74, 6) is -3.90. The predicted molar refractivity (Wildman–Crippen MR) is 146 cm³/mol. The van der Waals surface area contributed by atoms with Crippen molar-refractivity contribution >= 4 is 34.4 Å². The maximum absolute atomic E-state index is 12.8. The predicted octanol–water partition coefficient (Wildman–Crippen LogP) is 3.89. The number of rotatable bonds is 10. The molecule has 1 amide bonds. The number of alkyl halides is 3. The molecule has 4 rings (SSSR count). The first-order valence-corrected chi connectivity index (χ1v) is 12.6. The van der Waals surface area contributed by atoms with Crippen molar-refractivity contribution in [2.75, 3.05) is 25.5 Å². The molecule has 0 unspecified atom stereocenters. The Morgan fingerprint density at radius 1 is 0.952 bits per heavy atom. The molecule has 0 atom stereocenters. The minimum absolute atomic E-state index is 0.128. The second kappa shape index (κ2) is 14.0. The molecule has 222 valence electrons. The number of aliphatic carboxylic acids is 1. The Kier molecular flexibility index (Phi) is 10.5. The molecule has 0 bridgehead atoms. The lowest BCUT2D eigenvalue weighted by Crippen LogP contribution is -2.27. The molecule has 42 heavy (non-hydrogen) atoms. The monoisotopic (exact) mass is 587 g/mol. The highest BCUT2D eigenvalue weighted by atomic mass is 19.4. The number of anilines is 1. The van der Waals surface area contributed by atoms with Crippen LogP contribution in [0.25, 0.3) is 22.3 Å². The number of aryl methyl sites for hydroxylation is 1. The summed E-state index contributed by atoms with van der Waals surface area (Å²) < 4.78 is 33.5. The number of unbranched alkanes of at least 4 members (excludes halogenated alkanes) is 2. The quantitative estimate of drug-likeness (QED) is 0.232. The molecule has 0 saturated heterocycles. The Bertz CT molecular complexity index is 1540. The number of hydrogen-bond acceptors (Lipinski definition) is 8. The van der Waals surface area contributed by atoms with Gasteiger partial charge in [-0.2, -0.15) is 13.2 Å². The van der Waals surface area contributed by atoms with Gasteiger partial charge >= 0.3 is 18.1 Å². The molecule has 0 aliphatic carbocycles. The second-order valence-electron chi connectivity index (χ2n) is 9.16. The van der Waals surface area contributed by atoms with E-state index in [-0.39, 0.29) is 11.5 Å². The van der Waals surface area contributed by atoms with Crippen molar-refractivity contribution in [1.29, 1.82) is 0 Å².